The van der Waals surface area contributed by atoms with Gasteiger partial charge in [0.1, 0.15) is 6.61 Å². The molecule has 4 rings (SSSR count). The van der Waals surface area contributed by atoms with Crippen molar-refractivity contribution in [2.45, 2.75) is 18.3 Å². The average Bonchev–Trinajstić information content (AvgIpc) is 3.10. The van der Waals surface area contributed by atoms with Gasteiger partial charge in [0, 0.05) is 10.6 Å². The Bertz CT molecular complexity index is 1130. The van der Waals surface area contributed by atoms with Crippen LogP contribution in [0.15, 0.2) is 84.0 Å². The van der Waals surface area contributed by atoms with E-state index >= 15 is 0 Å². The van der Waals surface area contributed by atoms with Crippen molar-refractivity contribution < 1.29 is 9.53 Å². The average molecular weight is 423 g/mol. The number of ether oxygens (including phenoxy) is 1. The summed E-state index contributed by atoms with van der Waals surface area (Å²) in [5.74, 6) is -0.115. The Morgan fingerprint density at radius 3 is 2.52 bits per heavy atom. The molecule has 3 aromatic carbocycles. The number of carbonyl (C=O) groups is 1. The number of aromatic nitrogens is 2. The van der Waals surface area contributed by atoms with E-state index < -0.39 is 0 Å². The fourth-order valence-corrected chi connectivity index (χ4v) is 4.02. The first-order chi connectivity index (χ1) is 14.2. The first kappa shape index (κ1) is 19.6. The van der Waals surface area contributed by atoms with Crippen molar-refractivity contribution >= 4 is 40.4 Å². The molecule has 4 nitrogen and oxygen atoms in total. The summed E-state index contributed by atoms with van der Waals surface area (Å²) >= 11 is 7.50. The molecule has 1 aromatic heterocycles. The lowest BCUT2D eigenvalue weighted by atomic mass is 10.2. The Hall–Kier alpha value is -2.76. The summed E-state index contributed by atoms with van der Waals surface area (Å²) in [4.78, 5) is 17.0. The lowest BCUT2D eigenvalue weighted by molar-refractivity contribution is -0.141. The van der Waals surface area contributed by atoms with E-state index in [9.17, 15) is 4.79 Å². The van der Waals surface area contributed by atoms with E-state index in [0.29, 0.717) is 11.6 Å². The maximum atomic E-state index is 12.3. The molecule has 0 fully saturated rings. The van der Waals surface area contributed by atoms with Crippen LogP contribution in [0.1, 0.15) is 11.1 Å². The van der Waals surface area contributed by atoms with Crippen molar-refractivity contribution in [3.05, 3.63) is 95.0 Å². The first-order valence-corrected chi connectivity index (χ1v) is 10.6. The van der Waals surface area contributed by atoms with Crippen molar-refractivity contribution in [3.8, 4) is 0 Å². The normalized spacial score (nSPS) is 10.9. The highest BCUT2D eigenvalue weighted by molar-refractivity contribution is 7.99. The van der Waals surface area contributed by atoms with Crippen LogP contribution in [-0.4, -0.2) is 21.3 Å². The molecule has 0 saturated heterocycles. The minimum Gasteiger partial charge on any atom is -0.460 e. The SMILES string of the molecule is O=C(CSc1nc2ccccc2n1Cc1ccccc1)OCc1ccccc1Cl. The Morgan fingerprint density at radius 2 is 1.69 bits per heavy atom. The Labute approximate surface area is 178 Å². The third-order valence-electron chi connectivity index (χ3n) is 4.47. The maximum Gasteiger partial charge on any atom is 0.316 e. The molecule has 0 unspecified atom stereocenters. The molecule has 0 aliphatic heterocycles. The van der Waals surface area contributed by atoms with Gasteiger partial charge in [0.25, 0.3) is 0 Å². The van der Waals surface area contributed by atoms with E-state index in [-0.39, 0.29) is 18.3 Å². The zero-order valence-electron chi connectivity index (χ0n) is 15.6. The molecule has 0 bridgehead atoms. The molecule has 29 heavy (non-hydrogen) atoms. The number of fused-ring (bicyclic) bond motifs is 1. The van der Waals surface area contributed by atoms with Gasteiger partial charge in [-0.1, -0.05) is 84.0 Å². The molecule has 0 aliphatic rings. The second-order valence-corrected chi connectivity index (χ2v) is 7.85. The number of thioether (sulfide) groups is 1. The lowest BCUT2D eigenvalue weighted by Crippen LogP contribution is -2.09. The fourth-order valence-electron chi connectivity index (χ4n) is 3.02. The number of rotatable bonds is 7. The quantitative estimate of drug-likeness (QED) is 0.288. The molecule has 146 valence electrons. The van der Waals surface area contributed by atoms with Crippen LogP contribution in [0.3, 0.4) is 0 Å². The van der Waals surface area contributed by atoms with Gasteiger partial charge in [-0.2, -0.15) is 0 Å². The number of esters is 1. The van der Waals surface area contributed by atoms with Crippen LogP contribution in [0.5, 0.6) is 0 Å². The van der Waals surface area contributed by atoms with Gasteiger partial charge < -0.3 is 9.30 Å². The van der Waals surface area contributed by atoms with Crippen LogP contribution in [-0.2, 0) is 22.7 Å². The molecule has 0 amide bonds. The number of imidazole rings is 1. The summed E-state index contributed by atoms with van der Waals surface area (Å²) in [5.41, 5.74) is 3.93. The molecular weight excluding hydrogens is 404 g/mol. The van der Waals surface area contributed by atoms with Crippen molar-refractivity contribution in [1.29, 1.82) is 0 Å². The highest BCUT2D eigenvalue weighted by Gasteiger charge is 2.14. The maximum absolute atomic E-state index is 12.3. The Balaban J connectivity index is 1.46. The molecular formula is C23H19ClN2O2S. The van der Waals surface area contributed by atoms with E-state index in [4.69, 9.17) is 21.3 Å². The Kier molecular flexibility index (Phi) is 6.17. The molecule has 1 heterocycles. The predicted octanol–water partition coefficient (Wildman–Crippen LogP) is 5.57. The van der Waals surface area contributed by atoms with Gasteiger partial charge in [0.2, 0.25) is 0 Å². The largest absolute Gasteiger partial charge is 0.460 e. The Morgan fingerprint density at radius 1 is 0.966 bits per heavy atom. The van der Waals surface area contributed by atoms with E-state index in [1.54, 1.807) is 6.07 Å². The van der Waals surface area contributed by atoms with Crippen LogP contribution < -0.4 is 0 Å². The summed E-state index contributed by atoms with van der Waals surface area (Å²) in [6.45, 7) is 0.859. The van der Waals surface area contributed by atoms with Crippen LogP contribution in [0, 0.1) is 0 Å². The van der Waals surface area contributed by atoms with E-state index in [0.717, 1.165) is 21.8 Å². The van der Waals surface area contributed by atoms with Crippen molar-refractivity contribution in [2.24, 2.45) is 0 Å². The molecule has 4 aromatic rings. The van der Waals surface area contributed by atoms with Gasteiger partial charge in [0.05, 0.1) is 23.3 Å². The van der Waals surface area contributed by atoms with E-state index in [2.05, 4.69) is 16.7 Å². The lowest BCUT2D eigenvalue weighted by Gasteiger charge is -2.09. The minimum absolute atomic E-state index is 0.166. The smallest absolute Gasteiger partial charge is 0.316 e. The summed E-state index contributed by atoms with van der Waals surface area (Å²) in [6.07, 6.45) is 0. The minimum atomic E-state index is -0.298. The van der Waals surface area contributed by atoms with Crippen molar-refractivity contribution in [3.63, 3.8) is 0 Å². The number of hydrogen-bond donors (Lipinski definition) is 0. The van der Waals surface area contributed by atoms with Crippen molar-refractivity contribution in [1.82, 2.24) is 9.55 Å². The molecule has 0 aliphatic carbocycles. The number of para-hydroxylation sites is 2. The third kappa shape index (κ3) is 4.81. The number of nitrogens with zero attached hydrogens (tertiary/aromatic N) is 2. The second kappa shape index (κ2) is 9.16. The molecule has 0 atom stereocenters. The third-order valence-corrected chi connectivity index (χ3v) is 5.79. The molecule has 6 heteroatoms. The van der Waals surface area contributed by atoms with E-state index in [1.807, 2.05) is 60.7 Å². The molecule has 0 radical (unpaired) electrons. The van der Waals surface area contributed by atoms with Crippen LogP contribution in [0.25, 0.3) is 11.0 Å². The molecule has 0 spiro atoms. The van der Waals surface area contributed by atoms with Gasteiger partial charge in [0.15, 0.2) is 5.16 Å². The van der Waals surface area contributed by atoms with Gasteiger partial charge in [-0.25, -0.2) is 4.98 Å². The van der Waals surface area contributed by atoms with E-state index in [1.165, 1.54) is 17.3 Å². The fraction of sp³-hybridized carbons (Fsp3) is 0.130. The molecule has 0 saturated carbocycles. The summed E-state index contributed by atoms with van der Waals surface area (Å²) in [5, 5.41) is 1.39. The number of halogens is 1. The predicted molar refractivity (Wildman–Crippen MR) is 117 cm³/mol. The number of hydrogen-bond acceptors (Lipinski definition) is 4. The van der Waals surface area contributed by atoms with Gasteiger partial charge in [-0.3, -0.25) is 4.79 Å². The monoisotopic (exact) mass is 422 g/mol. The van der Waals surface area contributed by atoms with Crippen LogP contribution in [0.4, 0.5) is 0 Å². The van der Waals surface area contributed by atoms with Gasteiger partial charge >= 0.3 is 5.97 Å². The van der Waals surface area contributed by atoms with Gasteiger partial charge in [-0.15, -0.1) is 0 Å². The number of carbonyl (C=O) groups excluding carboxylic acids is 1. The van der Waals surface area contributed by atoms with Crippen molar-refractivity contribution in [2.75, 3.05) is 5.75 Å². The first-order valence-electron chi connectivity index (χ1n) is 9.22. The summed E-state index contributed by atoms with van der Waals surface area (Å²) in [7, 11) is 0. The molecule has 0 N–H and O–H groups in total. The highest BCUT2D eigenvalue weighted by Crippen LogP contribution is 2.25. The van der Waals surface area contributed by atoms with Gasteiger partial charge in [-0.05, 0) is 23.8 Å². The van der Waals surface area contributed by atoms with Crippen LogP contribution in [0.2, 0.25) is 5.02 Å². The summed E-state index contributed by atoms with van der Waals surface area (Å²) in [6, 6.07) is 25.6. The zero-order valence-corrected chi connectivity index (χ0v) is 17.2. The second-order valence-electron chi connectivity index (χ2n) is 6.50. The summed E-state index contributed by atoms with van der Waals surface area (Å²) < 4.78 is 7.52. The highest BCUT2D eigenvalue weighted by atomic mass is 35.5. The topological polar surface area (TPSA) is 44.1 Å². The zero-order chi connectivity index (χ0) is 20.1. The van der Waals surface area contributed by atoms with Crippen LogP contribution >= 0.6 is 23.4 Å². The standard InChI is InChI=1S/C23H19ClN2O2S/c24-19-11-5-4-10-18(19)15-28-22(27)16-29-23-25-20-12-6-7-13-21(20)26(23)14-17-8-2-1-3-9-17/h1-13H,14-16H2. The number of benzene rings is 3.